The van der Waals surface area contributed by atoms with Gasteiger partial charge in [0.2, 0.25) is 5.72 Å². The second-order valence-corrected chi connectivity index (χ2v) is 8.69. The molecule has 4 rings (SSSR count). The van der Waals surface area contributed by atoms with E-state index in [-0.39, 0.29) is 16.9 Å². The van der Waals surface area contributed by atoms with E-state index in [2.05, 4.69) is 4.98 Å². The van der Waals surface area contributed by atoms with E-state index in [1.807, 2.05) is 0 Å². The standard InChI is InChI=1S/C17H18F2N3O9P/c18-10-5-22(15(26)21-14(10)20)17(7-23)13(25)12(24)16(19,31-17)8-29-32(27)28-6-9-3-1-2-4-11(9)30-32/h1-5,12-13,23-25H,6-8H2,(H2,20,21,26)/t12-,13+,16+,17+,32?/m0/s1. The summed E-state index contributed by atoms with van der Waals surface area (Å²) >= 11 is 0. The van der Waals surface area contributed by atoms with Gasteiger partial charge in [-0.25, -0.2) is 18.1 Å². The summed E-state index contributed by atoms with van der Waals surface area (Å²) in [6, 6.07) is 6.41. The zero-order valence-corrected chi connectivity index (χ0v) is 17.0. The van der Waals surface area contributed by atoms with Gasteiger partial charge in [0, 0.05) is 5.56 Å². The summed E-state index contributed by atoms with van der Waals surface area (Å²) in [4.78, 5) is 15.3. The van der Waals surface area contributed by atoms with Gasteiger partial charge in [-0.3, -0.25) is 13.6 Å². The molecular weight excluding hydrogens is 459 g/mol. The van der Waals surface area contributed by atoms with Crippen LogP contribution in [-0.4, -0.2) is 56.1 Å². The van der Waals surface area contributed by atoms with Crippen LogP contribution in [0.5, 0.6) is 5.75 Å². The van der Waals surface area contributed by atoms with Crippen LogP contribution >= 0.6 is 7.82 Å². The molecule has 5 N–H and O–H groups in total. The molecule has 2 aliphatic rings. The molecule has 12 nitrogen and oxygen atoms in total. The third-order valence-electron chi connectivity index (χ3n) is 5.07. The molecule has 1 fully saturated rings. The van der Waals surface area contributed by atoms with E-state index in [9.17, 15) is 29.1 Å². The Bertz CT molecular complexity index is 1150. The molecule has 0 radical (unpaired) electrons. The van der Waals surface area contributed by atoms with Crippen molar-refractivity contribution in [2.45, 2.75) is 30.4 Å². The van der Waals surface area contributed by atoms with Crippen LogP contribution in [0.4, 0.5) is 14.6 Å². The van der Waals surface area contributed by atoms with Gasteiger partial charge < -0.3 is 30.3 Å². The van der Waals surface area contributed by atoms with Crippen LogP contribution in [0.1, 0.15) is 5.56 Å². The van der Waals surface area contributed by atoms with Crippen LogP contribution in [0.2, 0.25) is 0 Å². The summed E-state index contributed by atoms with van der Waals surface area (Å²) in [7, 11) is -4.37. The van der Waals surface area contributed by atoms with Crippen molar-refractivity contribution in [3.8, 4) is 5.75 Å². The number of nitrogens with two attached hydrogens (primary N) is 1. The molecular formula is C17H18F2N3O9P. The van der Waals surface area contributed by atoms with Crippen molar-refractivity contribution >= 4 is 13.6 Å². The Morgan fingerprint density at radius 1 is 1.34 bits per heavy atom. The van der Waals surface area contributed by atoms with Gasteiger partial charge in [-0.15, -0.1) is 0 Å². The van der Waals surface area contributed by atoms with Crippen molar-refractivity contribution in [1.82, 2.24) is 9.55 Å². The Hall–Kier alpha value is -2.45. The minimum atomic E-state index is -4.37. The number of hydrogen-bond donors (Lipinski definition) is 4. The van der Waals surface area contributed by atoms with Gasteiger partial charge in [-0.2, -0.15) is 4.98 Å². The number of aliphatic hydroxyl groups excluding tert-OH is 3. The first-order valence-electron chi connectivity index (χ1n) is 9.11. The number of rotatable bonds is 5. The smallest absolute Gasteiger partial charge is 0.404 e. The molecule has 3 heterocycles. The SMILES string of the molecule is Nc1nc(=O)n([C@]2(CO)O[C@](F)(COP3(=O)OCc4ccccc4O3)[C@@H](O)[C@H]2O)cc1F. The lowest BCUT2D eigenvalue weighted by atomic mass is 10.0. The quantitative estimate of drug-likeness (QED) is 0.418. The second kappa shape index (κ2) is 7.85. The first-order valence-corrected chi connectivity index (χ1v) is 10.6. The van der Waals surface area contributed by atoms with Crippen molar-refractivity contribution in [3.63, 3.8) is 0 Å². The van der Waals surface area contributed by atoms with E-state index in [1.165, 1.54) is 6.07 Å². The van der Waals surface area contributed by atoms with Crippen LogP contribution in [0, 0.1) is 5.82 Å². The number of aromatic nitrogens is 2. The number of anilines is 1. The lowest BCUT2D eigenvalue weighted by molar-refractivity contribution is -0.255. The predicted molar refractivity (Wildman–Crippen MR) is 100 cm³/mol. The largest absolute Gasteiger partial charge is 0.530 e. The first kappa shape index (κ1) is 22.7. The van der Waals surface area contributed by atoms with Crippen molar-refractivity contribution in [3.05, 3.63) is 52.3 Å². The Morgan fingerprint density at radius 3 is 2.78 bits per heavy atom. The molecule has 0 aliphatic carbocycles. The van der Waals surface area contributed by atoms with Gasteiger partial charge in [-0.1, -0.05) is 18.2 Å². The fraction of sp³-hybridized carbons (Fsp3) is 0.412. The predicted octanol–water partition coefficient (Wildman–Crippen LogP) is -0.239. The summed E-state index contributed by atoms with van der Waals surface area (Å²) in [6.45, 7) is -2.78. The van der Waals surface area contributed by atoms with Gasteiger partial charge in [-0.05, 0) is 6.07 Å². The van der Waals surface area contributed by atoms with Crippen molar-refractivity contribution in [2.75, 3.05) is 18.9 Å². The molecule has 0 amide bonds. The van der Waals surface area contributed by atoms with Crippen molar-refractivity contribution in [2.24, 2.45) is 0 Å². The molecule has 32 heavy (non-hydrogen) atoms. The highest BCUT2D eigenvalue weighted by atomic mass is 31.2. The maximum absolute atomic E-state index is 15.5. The molecule has 0 spiro atoms. The van der Waals surface area contributed by atoms with Crippen LogP contribution < -0.4 is 15.9 Å². The van der Waals surface area contributed by atoms with Crippen molar-refractivity contribution in [1.29, 1.82) is 0 Å². The molecule has 0 bridgehead atoms. The molecule has 1 unspecified atom stereocenters. The summed E-state index contributed by atoms with van der Waals surface area (Å²) in [5.74, 6) is -5.18. The highest BCUT2D eigenvalue weighted by molar-refractivity contribution is 7.49. The molecule has 1 aromatic heterocycles. The number of phosphoric ester groups is 1. The van der Waals surface area contributed by atoms with Crippen LogP contribution in [0.25, 0.3) is 0 Å². The monoisotopic (exact) mass is 477 g/mol. The molecule has 5 atom stereocenters. The number of ether oxygens (including phenoxy) is 1. The average molecular weight is 477 g/mol. The molecule has 15 heteroatoms. The Labute approximate surface area is 178 Å². The Morgan fingerprint density at radius 2 is 2.06 bits per heavy atom. The van der Waals surface area contributed by atoms with Gasteiger partial charge in [0.05, 0.1) is 19.4 Å². The van der Waals surface area contributed by atoms with Crippen LogP contribution in [0.15, 0.2) is 35.3 Å². The van der Waals surface area contributed by atoms with Gasteiger partial charge in [0.1, 0.15) is 24.6 Å². The summed E-state index contributed by atoms with van der Waals surface area (Å²) in [6.07, 6.45) is -4.32. The van der Waals surface area contributed by atoms with Gasteiger partial charge in [0.25, 0.3) is 5.85 Å². The Kier molecular flexibility index (Phi) is 5.57. The minimum Gasteiger partial charge on any atom is -0.404 e. The lowest BCUT2D eigenvalue weighted by Crippen LogP contribution is -2.53. The maximum Gasteiger partial charge on any atom is 0.530 e. The zero-order valence-electron chi connectivity index (χ0n) is 16.1. The first-order chi connectivity index (χ1) is 15.0. The Balaban J connectivity index is 1.60. The second-order valence-electron chi connectivity index (χ2n) is 7.10. The normalized spacial score (nSPS) is 34.2. The number of aliphatic hydroxyl groups is 3. The fourth-order valence-electron chi connectivity index (χ4n) is 3.36. The molecule has 174 valence electrons. The maximum atomic E-state index is 15.5. The number of nitrogens with zero attached hydrogens (tertiary/aromatic N) is 2. The summed E-state index contributed by atoms with van der Waals surface area (Å²) < 4.78 is 62.5. The molecule has 2 aromatic rings. The summed E-state index contributed by atoms with van der Waals surface area (Å²) in [5, 5.41) is 30.5. The van der Waals surface area contributed by atoms with E-state index in [4.69, 9.17) is 24.0 Å². The highest BCUT2D eigenvalue weighted by Crippen LogP contribution is 2.56. The van der Waals surface area contributed by atoms with Crippen LogP contribution in [-0.2, 0) is 30.7 Å². The fourth-order valence-corrected chi connectivity index (χ4v) is 4.59. The summed E-state index contributed by atoms with van der Waals surface area (Å²) in [5.41, 5.74) is 1.75. The number of benzene rings is 1. The zero-order chi connectivity index (χ0) is 23.3. The molecule has 1 saturated heterocycles. The van der Waals surface area contributed by atoms with Crippen LogP contribution in [0.3, 0.4) is 0 Å². The molecule has 0 saturated carbocycles. The van der Waals surface area contributed by atoms with E-state index >= 15 is 4.39 Å². The topological polar surface area (TPSA) is 176 Å². The number of halogens is 2. The minimum absolute atomic E-state index is 0.169. The van der Waals surface area contributed by atoms with Gasteiger partial charge >= 0.3 is 13.5 Å². The highest BCUT2D eigenvalue weighted by Gasteiger charge is 2.65. The number of fused-ring (bicyclic) bond motifs is 1. The van der Waals surface area contributed by atoms with E-state index in [0.717, 1.165) is 0 Å². The number of para-hydroxylation sites is 1. The third kappa shape index (κ3) is 3.59. The number of alkyl halides is 1. The van der Waals surface area contributed by atoms with Crippen molar-refractivity contribution < 1.29 is 47.0 Å². The van der Waals surface area contributed by atoms with Gasteiger partial charge in [0.15, 0.2) is 11.6 Å². The number of nitrogen functional groups attached to an aromatic ring is 1. The van der Waals surface area contributed by atoms with E-state index in [1.54, 1.807) is 18.2 Å². The number of hydrogen-bond acceptors (Lipinski definition) is 11. The molecule has 2 aliphatic heterocycles. The lowest BCUT2D eigenvalue weighted by Gasteiger charge is -2.32. The number of phosphoric acid groups is 1. The average Bonchev–Trinajstić information content (AvgIpc) is 2.97. The van der Waals surface area contributed by atoms with E-state index in [0.29, 0.717) is 11.8 Å². The molecule has 1 aromatic carbocycles. The third-order valence-corrected chi connectivity index (χ3v) is 6.38. The van der Waals surface area contributed by atoms with E-state index < -0.39 is 62.1 Å².